The van der Waals surface area contributed by atoms with Crippen LogP contribution in [0.5, 0.6) is 5.75 Å². The van der Waals surface area contributed by atoms with Crippen LogP contribution in [0.4, 0.5) is 0 Å². The van der Waals surface area contributed by atoms with Gasteiger partial charge in [-0.1, -0.05) is 12.1 Å². The van der Waals surface area contributed by atoms with Crippen molar-refractivity contribution in [2.45, 2.75) is 69.2 Å². The lowest BCUT2D eigenvalue weighted by molar-refractivity contribution is -0.157. The fourth-order valence-electron chi connectivity index (χ4n) is 6.15. The second kappa shape index (κ2) is 9.60. The number of fused-ring (bicyclic) bond motifs is 3. The number of piperidine rings is 1. The number of nitrogens with zero attached hydrogens (tertiary/aromatic N) is 3. The Balaban J connectivity index is 1.31. The molecule has 8 heteroatoms. The molecule has 1 saturated carbocycles. The molecule has 33 heavy (non-hydrogen) atoms. The summed E-state index contributed by atoms with van der Waals surface area (Å²) >= 11 is 0. The van der Waals surface area contributed by atoms with E-state index >= 15 is 0 Å². The van der Waals surface area contributed by atoms with Gasteiger partial charge in [-0.3, -0.25) is 15.0 Å². The highest BCUT2D eigenvalue weighted by molar-refractivity contribution is 5.84. The van der Waals surface area contributed by atoms with E-state index < -0.39 is 0 Å². The summed E-state index contributed by atoms with van der Waals surface area (Å²) in [6, 6.07) is 8.46. The Hall–Kier alpha value is -2.16. The van der Waals surface area contributed by atoms with Crippen molar-refractivity contribution in [3.05, 3.63) is 29.8 Å². The first kappa shape index (κ1) is 22.6. The number of hydrogen-bond acceptors (Lipinski definition) is 6. The first-order valence-electron chi connectivity index (χ1n) is 12.5. The molecule has 2 amide bonds. The summed E-state index contributed by atoms with van der Waals surface area (Å²) in [5.41, 5.74) is 4.56. The van der Waals surface area contributed by atoms with Gasteiger partial charge in [0.05, 0.1) is 7.11 Å². The summed E-state index contributed by atoms with van der Waals surface area (Å²) in [5.74, 6) is 1.15. The third kappa shape index (κ3) is 4.61. The van der Waals surface area contributed by atoms with E-state index in [1.165, 1.54) is 0 Å². The number of amides is 2. The maximum Gasteiger partial charge on any atom is 0.242 e. The quantitative estimate of drug-likeness (QED) is 0.698. The predicted molar refractivity (Wildman–Crippen MR) is 125 cm³/mol. The summed E-state index contributed by atoms with van der Waals surface area (Å²) in [6.45, 7) is 3.49. The number of methoxy groups -OCH3 is 1. The highest BCUT2D eigenvalue weighted by Crippen LogP contribution is 2.38. The van der Waals surface area contributed by atoms with Crippen LogP contribution < -0.4 is 15.5 Å². The molecule has 0 aromatic heterocycles. The molecule has 0 spiro atoms. The van der Waals surface area contributed by atoms with Gasteiger partial charge >= 0.3 is 0 Å². The summed E-state index contributed by atoms with van der Waals surface area (Å²) in [6.07, 6.45) is 5.43. The lowest BCUT2D eigenvalue weighted by Crippen LogP contribution is -2.68. The number of rotatable bonds is 5. The summed E-state index contributed by atoms with van der Waals surface area (Å²) in [4.78, 5) is 31.1. The number of carbonyl (C=O) groups is 2. The van der Waals surface area contributed by atoms with Crippen LogP contribution in [0.25, 0.3) is 0 Å². The molecule has 8 nitrogen and oxygen atoms in total. The highest BCUT2D eigenvalue weighted by atomic mass is 16.5. The van der Waals surface area contributed by atoms with Crippen molar-refractivity contribution in [1.82, 2.24) is 25.6 Å². The minimum atomic E-state index is -0.0888. The Morgan fingerprint density at radius 1 is 1.09 bits per heavy atom. The maximum absolute atomic E-state index is 13.5. The van der Waals surface area contributed by atoms with Gasteiger partial charge in [0, 0.05) is 37.1 Å². The number of carbonyl (C=O) groups excluding carboxylic acids is 2. The first-order chi connectivity index (χ1) is 16.0. The third-order valence-corrected chi connectivity index (χ3v) is 8.10. The van der Waals surface area contributed by atoms with Crippen molar-refractivity contribution in [3.8, 4) is 5.75 Å². The normalized spacial score (nSPS) is 31.2. The van der Waals surface area contributed by atoms with Crippen molar-refractivity contribution in [1.29, 1.82) is 0 Å². The molecule has 1 aliphatic carbocycles. The molecule has 0 bridgehead atoms. The Morgan fingerprint density at radius 3 is 2.58 bits per heavy atom. The molecule has 0 radical (unpaired) electrons. The molecular formula is C25H37N5O3. The number of likely N-dealkylation sites (tertiary alicyclic amines) is 1. The van der Waals surface area contributed by atoms with Crippen LogP contribution in [0.2, 0.25) is 0 Å². The van der Waals surface area contributed by atoms with Crippen molar-refractivity contribution in [2.75, 3.05) is 33.8 Å². The monoisotopic (exact) mass is 455 g/mol. The van der Waals surface area contributed by atoms with Gasteiger partial charge < -0.3 is 19.9 Å². The molecule has 4 aliphatic rings. The van der Waals surface area contributed by atoms with Gasteiger partial charge in [0.2, 0.25) is 11.8 Å². The minimum absolute atomic E-state index is 0.0313. The zero-order valence-electron chi connectivity index (χ0n) is 19.8. The Morgan fingerprint density at radius 2 is 1.85 bits per heavy atom. The van der Waals surface area contributed by atoms with Crippen LogP contribution in [0.15, 0.2) is 24.3 Å². The first-order valence-corrected chi connectivity index (χ1v) is 12.5. The SMILES string of the molecule is COc1ccc(CN2C(=O)C3CCNN3C3CCC(C(=O)NC4CCN(C)CC4)CC32)cc1. The molecule has 1 aromatic carbocycles. The topological polar surface area (TPSA) is 77.1 Å². The molecular weight excluding hydrogens is 418 g/mol. The summed E-state index contributed by atoms with van der Waals surface area (Å²) in [7, 11) is 3.80. The van der Waals surface area contributed by atoms with E-state index in [1.807, 2.05) is 24.3 Å². The number of hydrazine groups is 1. The van der Waals surface area contributed by atoms with Crippen molar-refractivity contribution >= 4 is 11.8 Å². The second-order valence-corrected chi connectivity index (χ2v) is 10.2. The van der Waals surface area contributed by atoms with Gasteiger partial charge in [-0.15, -0.1) is 0 Å². The summed E-state index contributed by atoms with van der Waals surface area (Å²) in [5, 5.41) is 5.54. The maximum atomic E-state index is 13.5. The van der Waals surface area contributed by atoms with Gasteiger partial charge in [0.25, 0.3) is 0 Å². The number of piperazine rings is 1. The molecule has 3 saturated heterocycles. The van der Waals surface area contributed by atoms with Gasteiger partial charge in [0.15, 0.2) is 0 Å². The van der Waals surface area contributed by atoms with Crippen LogP contribution in [0.1, 0.15) is 44.1 Å². The Bertz CT molecular complexity index is 854. The Kier molecular flexibility index (Phi) is 6.58. The largest absolute Gasteiger partial charge is 0.497 e. The number of hydrogen-bond donors (Lipinski definition) is 2. The number of nitrogens with one attached hydrogen (secondary N) is 2. The fourth-order valence-corrected chi connectivity index (χ4v) is 6.15. The van der Waals surface area contributed by atoms with Crippen LogP contribution >= 0.6 is 0 Å². The van der Waals surface area contributed by atoms with Gasteiger partial charge in [-0.05, 0) is 76.4 Å². The fraction of sp³-hybridized carbons (Fsp3) is 0.680. The Labute approximate surface area is 196 Å². The van der Waals surface area contributed by atoms with Crippen molar-refractivity contribution in [3.63, 3.8) is 0 Å². The standard InChI is InChI=1S/C25H37N5O3/c1-28-13-10-19(11-14-28)27-24(31)18-5-8-21-23(15-18)29(25(32)22-9-12-26-30(21)22)16-17-3-6-20(33-2)7-4-17/h3-4,6-7,18-19,21-23,26H,5,8-16H2,1-2H3,(H,27,31). The van der Waals surface area contributed by atoms with E-state index in [9.17, 15) is 9.59 Å². The lowest BCUT2D eigenvalue weighted by Gasteiger charge is -2.52. The average molecular weight is 456 g/mol. The minimum Gasteiger partial charge on any atom is -0.497 e. The van der Waals surface area contributed by atoms with Crippen molar-refractivity contribution in [2.24, 2.45) is 5.92 Å². The van der Waals surface area contributed by atoms with E-state index in [-0.39, 0.29) is 41.9 Å². The zero-order valence-corrected chi connectivity index (χ0v) is 19.8. The van der Waals surface area contributed by atoms with Gasteiger partial charge in [-0.2, -0.15) is 0 Å². The van der Waals surface area contributed by atoms with E-state index in [4.69, 9.17) is 4.74 Å². The van der Waals surface area contributed by atoms with Crippen molar-refractivity contribution < 1.29 is 14.3 Å². The molecule has 180 valence electrons. The molecule has 2 N–H and O–H groups in total. The molecule has 4 atom stereocenters. The van der Waals surface area contributed by atoms with Crippen LogP contribution in [-0.4, -0.2) is 84.6 Å². The third-order valence-electron chi connectivity index (χ3n) is 8.10. The molecule has 3 heterocycles. The van der Waals surface area contributed by atoms with Gasteiger partial charge in [0.1, 0.15) is 11.8 Å². The lowest BCUT2D eigenvalue weighted by atomic mass is 9.78. The number of benzene rings is 1. The molecule has 3 aliphatic heterocycles. The van der Waals surface area contributed by atoms with E-state index in [0.717, 1.165) is 69.5 Å². The smallest absolute Gasteiger partial charge is 0.242 e. The highest BCUT2D eigenvalue weighted by Gasteiger charge is 2.51. The second-order valence-electron chi connectivity index (χ2n) is 10.2. The molecule has 5 rings (SSSR count). The molecule has 4 unspecified atom stereocenters. The van der Waals surface area contributed by atoms with E-state index in [0.29, 0.717) is 6.54 Å². The van der Waals surface area contributed by atoms with E-state index in [2.05, 4.69) is 32.6 Å². The average Bonchev–Trinajstić information content (AvgIpc) is 3.34. The zero-order chi connectivity index (χ0) is 22.9. The van der Waals surface area contributed by atoms with Crippen LogP contribution in [-0.2, 0) is 16.1 Å². The van der Waals surface area contributed by atoms with Gasteiger partial charge in [-0.25, -0.2) is 5.01 Å². The van der Waals surface area contributed by atoms with E-state index in [1.54, 1.807) is 7.11 Å². The predicted octanol–water partition coefficient (Wildman–Crippen LogP) is 1.36. The molecule has 4 fully saturated rings. The van der Waals surface area contributed by atoms with Crippen LogP contribution in [0, 0.1) is 5.92 Å². The summed E-state index contributed by atoms with van der Waals surface area (Å²) < 4.78 is 5.29. The molecule has 1 aromatic rings. The number of ether oxygens (including phenoxy) is 1. The van der Waals surface area contributed by atoms with Crippen LogP contribution in [0.3, 0.4) is 0 Å².